The minimum Gasteiger partial charge on any atom is -0.357 e. The smallest absolute Gasteiger partial charge is 0.292 e. The maximum absolute atomic E-state index is 15.5. The minimum absolute atomic E-state index is 0.0901. The lowest BCUT2D eigenvalue weighted by molar-refractivity contribution is -0.133. The molecule has 1 aliphatic rings. The number of aromatic nitrogens is 7. The Labute approximate surface area is 314 Å². The molecule has 0 bridgehead atoms. The number of halogens is 2. The van der Waals surface area contributed by atoms with E-state index >= 15 is 8.78 Å². The molecule has 5 heterocycles. The van der Waals surface area contributed by atoms with Crippen LogP contribution in [-0.2, 0) is 34.6 Å². The highest BCUT2D eigenvalue weighted by molar-refractivity contribution is 6.01. The van der Waals surface area contributed by atoms with Crippen LogP contribution in [0.5, 0.6) is 0 Å². The number of fused-ring (bicyclic) bond motifs is 1. The maximum Gasteiger partial charge on any atom is 0.292 e. The Morgan fingerprint density at radius 2 is 1.80 bits per heavy atom. The molecule has 17 heteroatoms. The number of amides is 3. The van der Waals surface area contributed by atoms with Crippen molar-refractivity contribution in [1.29, 1.82) is 0 Å². The van der Waals surface area contributed by atoms with Crippen molar-refractivity contribution in [3.05, 3.63) is 102 Å². The first kappa shape index (κ1) is 37.0. The first-order valence-corrected chi connectivity index (χ1v) is 17.7. The highest BCUT2D eigenvalue weighted by Gasteiger charge is 2.27. The van der Waals surface area contributed by atoms with Gasteiger partial charge in [-0.2, -0.15) is 15.2 Å². The van der Waals surface area contributed by atoms with Crippen LogP contribution in [0.25, 0.3) is 27.9 Å². The van der Waals surface area contributed by atoms with E-state index in [0.717, 1.165) is 0 Å². The van der Waals surface area contributed by atoms with E-state index in [1.54, 1.807) is 45.9 Å². The molecule has 1 atom stereocenters. The number of nitrogens with zero attached hydrogens (tertiary/aromatic N) is 8. The number of carbonyl (C=O) groups excluding carboxylic acids is 3. The molecule has 1 fully saturated rings. The van der Waals surface area contributed by atoms with Gasteiger partial charge in [0.2, 0.25) is 17.7 Å². The first-order chi connectivity index (χ1) is 26.3. The summed E-state index contributed by atoms with van der Waals surface area (Å²) in [7, 11) is 1.89. The van der Waals surface area contributed by atoms with E-state index in [2.05, 4.69) is 41.3 Å². The van der Waals surface area contributed by atoms with Gasteiger partial charge in [0, 0.05) is 72.2 Å². The standard InChI is InChI=1S/C38H39F2N11O4/c1-38(2,3)37-46-34(48-55-37)36(54)41-18-24-7-6-23(16-27(24)39)33-30-17-26(20-51(30)43-21-42-33)22-5-8-25(28(40)15-22)19-49(4)13-14-50-12-11-31(47-50)44-29-9-10-32(52)45-35(29)53/h5-8,11-12,15-17,20-21,29H,9-10,13-14,18-19H2,1-4H3,(H,41,54)(H,44,47)(H,45,52,53). The van der Waals surface area contributed by atoms with Gasteiger partial charge in [-0.25, -0.2) is 18.3 Å². The second kappa shape index (κ2) is 15.2. The second-order valence-electron chi connectivity index (χ2n) is 14.5. The molecule has 0 radical (unpaired) electrons. The van der Waals surface area contributed by atoms with E-state index in [9.17, 15) is 14.4 Å². The molecular weight excluding hydrogens is 712 g/mol. The lowest BCUT2D eigenvalue weighted by atomic mass is 9.97. The summed E-state index contributed by atoms with van der Waals surface area (Å²) in [5.41, 5.74) is 3.29. The maximum atomic E-state index is 15.5. The average molecular weight is 752 g/mol. The van der Waals surface area contributed by atoms with E-state index in [1.807, 2.05) is 44.9 Å². The number of anilines is 1. The molecule has 55 heavy (non-hydrogen) atoms. The molecule has 3 N–H and O–H groups in total. The number of hydrogen-bond acceptors (Lipinski definition) is 11. The first-order valence-electron chi connectivity index (χ1n) is 17.7. The quantitative estimate of drug-likeness (QED) is 0.150. The molecule has 1 saturated heterocycles. The number of hydrogen-bond donors (Lipinski definition) is 3. The molecule has 0 aliphatic carbocycles. The summed E-state index contributed by atoms with van der Waals surface area (Å²) < 4.78 is 39.3. The van der Waals surface area contributed by atoms with Gasteiger partial charge in [-0.15, -0.1) is 0 Å². The Bertz CT molecular complexity index is 2400. The Kier molecular flexibility index (Phi) is 10.2. The number of piperidine rings is 1. The van der Waals surface area contributed by atoms with E-state index in [1.165, 1.54) is 18.5 Å². The van der Waals surface area contributed by atoms with Crippen molar-refractivity contribution in [2.75, 3.05) is 18.9 Å². The molecular formula is C38H39F2N11O4. The zero-order chi connectivity index (χ0) is 38.9. The SMILES string of the molecule is CN(CCn1ccc(NC2CCC(=O)NC2=O)n1)Cc1ccc(-c2cc3c(-c4ccc(CNC(=O)c5noc(C(C)(C)C)n5)c(F)c4)ncnn3c2)cc1F. The molecule has 1 unspecified atom stereocenters. The van der Waals surface area contributed by atoms with Crippen molar-refractivity contribution in [1.82, 2.24) is 50.1 Å². The fraction of sp³-hybridized carbons (Fsp3) is 0.316. The van der Waals surface area contributed by atoms with Gasteiger partial charge in [-0.05, 0) is 37.2 Å². The van der Waals surface area contributed by atoms with Gasteiger partial charge < -0.3 is 20.1 Å². The molecule has 15 nitrogen and oxygen atoms in total. The van der Waals surface area contributed by atoms with E-state index in [-0.39, 0.29) is 42.0 Å². The zero-order valence-corrected chi connectivity index (χ0v) is 30.6. The summed E-state index contributed by atoms with van der Waals surface area (Å²) in [6.07, 6.45) is 5.61. The van der Waals surface area contributed by atoms with Crippen molar-refractivity contribution in [2.45, 2.75) is 64.7 Å². The lowest BCUT2D eigenvalue weighted by Crippen LogP contribution is -2.47. The van der Waals surface area contributed by atoms with Crippen molar-refractivity contribution in [3.63, 3.8) is 0 Å². The second-order valence-corrected chi connectivity index (χ2v) is 14.5. The average Bonchev–Trinajstić information content (AvgIpc) is 3.92. The molecule has 6 aromatic rings. The van der Waals surface area contributed by atoms with Gasteiger partial charge in [0.05, 0.1) is 17.8 Å². The summed E-state index contributed by atoms with van der Waals surface area (Å²) in [5.74, 6) is -1.39. The van der Waals surface area contributed by atoms with Crippen molar-refractivity contribution < 1.29 is 27.7 Å². The molecule has 1 aliphatic heterocycles. The summed E-state index contributed by atoms with van der Waals surface area (Å²) >= 11 is 0. The van der Waals surface area contributed by atoms with Gasteiger partial charge in [0.25, 0.3) is 11.7 Å². The van der Waals surface area contributed by atoms with Crippen LogP contribution in [0, 0.1) is 11.6 Å². The van der Waals surface area contributed by atoms with Crippen LogP contribution in [0.2, 0.25) is 0 Å². The van der Waals surface area contributed by atoms with E-state index in [4.69, 9.17) is 4.52 Å². The normalized spacial score (nSPS) is 14.8. The van der Waals surface area contributed by atoms with Crippen LogP contribution < -0.4 is 16.0 Å². The predicted octanol–water partition coefficient (Wildman–Crippen LogP) is 4.50. The zero-order valence-electron chi connectivity index (χ0n) is 30.6. The molecule has 7 rings (SSSR count). The van der Waals surface area contributed by atoms with Gasteiger partial charge >= 0.3 is 0 Å². The Morgan fingerprint density at radius 3 is 2.55 bits per heavy atom. The fourth-order valence-corrected chi connectivity index (χ4v) is 6.09. The Morgan fingerprint density at radius 1 is 1.04 bits per heavy atom. The van der Waals surface area contributed by atoms with Crippen LogP contribution in [0.15, 0.2) is 71.8 Å². The monoisotopic (exact) mass is 751 g/mol. The third-order valence-electron chi connectivity index (χ3n) is 9.18. The van der Waals surface area contributed by atoms with Gasteiger partial charge in [0.1, 0.15) is 29.8 Å². The number of nitrogens with one attached hydrogen (secondary N) is 3. The summed E-state index contributed by atoms with van der Waals surface area (Å²) in [5, 5.41) is 20.5. The van der Waals surface area contributed by atoms with Gasteiger partial charge in [0.15, 0.2) is 0 Å². The van der Waals surface area contributed by atoms with Crippen LogP contribution >= 0.6 is 0 Å². The molecule has 3 amide bonds. The summed E-state index contributed by atoms with van der Waals surface area (Å²) in [4.78, 5) is 46.5. The predicted molar refractivity (Wildman–Crippen MR) is 196 cm³/mol. The van der Waals surface area contributed by atoms with Crippen LogP contribution in [-0.4, -0.2) is 76.8 Å². The number of imide groups is 1. The van der Waals surface area contributed by atoms with Gasteiger partial charge in [-0.1, -0.05) is 50.2 Å². The van der Waals surface area contributed by atoms with Crippen molar-refractivity contribution >= 4 is 29.1 Å². The van der Waals surface area contributed by atoms with E-state index < -0.39 is 23.2 Å². The fourth-order valence-electron chi connectivity index (χ4n) is 6.09. The molecule has 284 valence electrons. The Balaban J connectivity index is 0.969. The molecule has 4 aromatic heterocycles. The van der Waals surface area contributed by atoms with Crippen LogP contribution in [0.4, 0.5) is 14.6 Å². The minimum atomic E-state index is -0.583. The molecule has 0 spiro atoms. The highest BCUT2D eigenvalue weighted by atomic mass is 19.1. The number of benzene rings is 2. The molecule has 2 aromatic carbocycles. The van der Waals surface area contributed by atoms with E-state index in [0.29, 0.717) is 71.2 Å². The third kappa shape index (κ3) is 8.41. The van der Waals surface area contributed by atoms with Crippen molar-refractivity contribution in [3.8, 4) is 22.4 Å². The van der Waals surface area contributed by atoms with Crippen LogP contribution in [0.3, 0.4) is 0 Å². The third-order valence-corrected chi connectivity index (χ3v) is 9.18. The molecule has 0 saturated carbocycles. The summed E-state index contributed by atoms with van der Waals surface area (Å²) in [6.45, 7) is 7.05. The van der Waals surface area contributed by atoms with Crippen molar-refractivity contribution in [2.24, 2.45) is 0 Å². The lowest BCUT2D eigenvalue weighted by Gasteiger charge is -2.21. The number of rotatable bonds is 12. The van der Waals surface area contributed by atoms with Gasteiger partial charge in [-0.3, -0.25) is 24.4 Å². The highest BCUT2D eigenvalue weighted by Crippen LogP contribution is 2.30. The summed E-state index contributed by atoms with van der Waals surface area (Å²) in [6, 6.07) is 12.8. The topological polar surface area (TPSA) is 177 Å². The van der Waals surface area contributed by atoms with Crippen LogP contribution in [0.1, 0.15) is 61.2 Å². The number of carbonyl (C=O) groups is 3. The largest absolute Gasteiger partial charge is 0.357 e. The Hall–Kier alpha value is -6.36. The number of likely N-dealkylation sites (N-methyl/N-ethyl adjacent to an activating group) is 1.